The molecule has 11 heteroatoms. The number of hydrogen-bond acceptors (Lipinski definition) is 7. The third-order valence-electron chi connectivity index (χ3n) is 5.99. The number of methoxy groups -OCH3 is 2. The van der Waals surface area contributed by atoms with Gasteiger partial charge in [0.05, 0.1) is 5.69 Å². The fourth-order valence-electron chi connectivity index (χ4n) is 3.80. The standard InChI is InChI=1S/C18H19NO6S.C11H14O2.5CH4.FH/c1-13(20)18(25-2,12-14-8-4-3-5-9-14)17(21)19-15-10-6-7-11-16(15)26(22,23)24;1-9(12)11(13-2)8-10-6-4-3-5-7-10;;;;;;/h3-11H,12H2,1-2H3,(H,19,21)(H,22,23,24);3-7,11H,8H2,1-2H3;5*1H4;1H. The minimum absolute atomic E-state index is 0. The summed E-state index contributed by atoms with van der Waals surface area (Å²) in [6.07, 6.45) is 0.328. The summed E-state index contributed by atoms with van der Waals surface area (Å²) >= 11 is 0. The summed E-state index contributed by atoms with van der Waals surface area (Å²) in [5.41, 5.74) is -0.156. The van der Waals surface area contributed by atoms with Crippen molar-refractivity contribution in [1.29, 1.82) is 0 Å². The summed E-state index contributed by atoms with van der Waals surface area (Å²) in [6, 6.07) is 24.0. The van der Waals surface area contributed by atoms with Crippen molar-refractivity contribution in [2.75, 3.05) is 19.5 Å². The number of para-hydroxylation sites is 1. The zero-order valence-corrected chi connectivity index (χ0v) is 23.5. The zero-order valence-electron chi connectivity index (χ0n) is 22.7. The normalized spacial score (nSPS) is 11.5. The summed E-state index contributed by atoms with van der Waals surface area (Å²) < 4.78 is 42.6. The largest absolute Gasteiger partial charge is 0.373 e. The van der Waals surface area contributed by atoms with Gasteiger partial charge in [0.2, 0.25) is 5.60 Å². The van der Waals surface area contributed by atoms with Gasteiger partial charge in [-0.1, -0.05) is 110 Å². The third-order valence-corrected chi connectivity index (χ3v) is 6.91. The van der Waals surface area contributed by atoms with E-state index < -0.39 is 32.3 Å². The maximum absolute atomic E-state index is 12.9. The van der Waals surface area contributed by atoms with Crippen LogP contribution in [-0.4, -0.2) is 56.4 Å². The molecule has 0 fully saturated rings. The van der Waals surface area contributed by atoms with Gasteiger partial charge in [-0.05, 0) is 37.1 Å². The molecule has 3 aromatic rings. The summed E-state index contributed by atoms with van der Waals surface area (Å²) in [5, 5.41) is 2.39. The van der Waals surface area contributed by atoms with Crippen LogP contribution in [0.3, 0.4) is 0 Å². The fourth-order valence-corrected chi connectivity index (χ4v) is 4.44. The molecule has 2 atom stereocenters. The topological polar surface area (TPSA) is 136 Å². The fraction of sp³-hybridized carbons (Fsp3) is 0.382. The predicted molar refractivity (Wildman–Crippen MR) is 183 cm³/mol. The third kappa shape index (κ3) is 14.7. The molecule has 0 saturated heterocycles. The van der Waals surface area contributed by atoms with Gasteiger partial charge >= 0.3 is 0 Å². The lowest BCUT2D eigenvalue weighted by molar-refractivity contribution is -0.151. The van der Waals surface area contributed by atoms with Crippen molar-refractivity contribution in [2.24, 2.45) is 0 Å². The Morgan fingerprint density at radius 3 is 1.62 bits per heavy atom. The first kappa shape index (κ1) is 50.8. The number of benzene rings is 3. The Balaban J connectivity index is -0.000000244. The quantitative estimate of drug-likeness (QED) is 0.163. The molecule has 2 unspecified atom stereocenters. The summed E-state index contributed by atoms with van der Waals surface area (Å²) in [5.74, 6) is -1.29. The predicted octanol–water partition coefficient (Wildman–Crippen LogP) is 7.25. The Kier molecular flexibility index (Phi) is 26.7. The number of halogens is 1. The van der Waals surface area contributed by atoms with Gasteiger partial charge in [0.15, 0.2) is 11.6 Å². The van der Waals surface area contributed by atoms with Crippen LogP contribution in [0.15, 0.2) is 89.8 Å². The molecular weight excluding hydrogens is 601 g/mol. The second-order valence-corrected chi connectivity index (χ2v) is 10.1. The minimum Gasteiger partial charge on any atom is -0.373 e. The Hall–Kier alpha value is -3.77. The van der Waals surface area contributed by atoms with Crippen LogP contribution >= 0.6 is 0 Å². The number of Topliss-reactive ketones (excluding diaryl/α,β-unsaturated/α-hetero) is 2. The van der Waals surface area contributed by atoms with Crippen LogP contribution in [0, 0.1) is 0 Å². The Labute approximate surface area is 270 Å². The number of nitrogens with one attached hydrogen (secondary N) is 1. The zero-order chi connectivity index (χ0) is 29.1. The van der Waals surface area contributed by atoms with Gasteiger partial charge in [0, 0.05) is 27.1 Å². The first-order valence-electron chi connectivity index (χ1n) is 12.0. The van der Waals surface area contributed by atoms with Gasteiger partial charge in [0.25, 0.3) is 16.0 Å². The summed E-state index contributed by atoms with van der Waals surface area (Å²) in [7, 11) is -1.75. The first-order chi connectivity index (χ1) is 18.4. The van der Waals surface area contributed by atoms with Crippen molar-refractivity contribution >= 4 is 33.3 Å². The highest BCUT2D eigenvalue weighted by molar-refractivity contribution is 7.86. The summed E-state index contributed by atoms with van der Waals surface area (Å²) in [4.78, 5) is 35.7. The maximum atomic E-state index is 12.9. The molecule has 1 amide bonds. The molecule has 0 spiro atoms. The average Bonchev–Trinajstić information content (AvgIpc) is 2.91. The van der Waals surface area contributed by atoms with Crippen molar-refractivity contribution in [3.8, 4) is 0 Å². The van der Waals surface area contributed by atoms with E-state index in [9.17, 15) is 27.4 Å². The molecule has 2 N–H and O–H groups in total. The van der Waals surface area contributed by atoms with E-state index >= 15 is 0 Å². The number of ketones is 2. The van der Waals surface area contributed by atoms with Crippen molar-refractivity contribution in [3.63, 3.8) is 0 Å². The van der Waals surface area contributed by atoms with Gasteiger partial charge < -0.3 is 14.8 Å². The van der Waals surface area contributed by atoms with Crippen LogP contribution in [-0.2, 0) is 46.8 Å². The lowest BCUT2D eigenvalue weighted by Gasteiger charge is -2.29. The number of carbonyl (C=O) groups excluding carboxylic acids is 3. The van der Waals surface area contributed by atoms with Crippen LogP contribution in [0.5, 0.6) is 0 Å². The molecule has 0 aliphatic carbocycles. The van der Waals surface area contributed by atoms with Gasteiger partial charge in [-0.15, -0.1) is 0 Å². The number of carbonyl (C=O) groups is 3. The van der Waals surface area contributed by atoms with Crippen molar-refractivity contribution in [2.45, 2.75) is 80.4 Å². The highest BCUT2D eigenvalue weighted by Crippen LogP contribution is 2.25. The molecule has 3 rings (SSSR count). The van der Waals surface area contributed by atoms with E-state index in [4.69, 9.17) is 9.47 Å². The lowest BCUT2D eigenvalue weighted by Crippen LogP contribution is -2.52. The molecule has 45 heavy (non-hydrogen) atoms. The van der Waals surface area contributed by atoms with Crippen LogP contribution in [0.25, 0.3) is 0 Å². The average molecular weight is 656 g/mol. The second kappa shape index (κ2) is 23.6. The van der Waals surface area contributed by atoms with E-state index in [-0.39, 0.29) is 65.8 Å². The van der Waals surface area contributed by atoms with Crippen molar-refractivity contribution in [3.05, 3.63) is 96.1 Å². The SMILES string of the molecule is C.C.C.C.C.COC(Cc1ccccc1)(C(C)=O)C(=O)Nc1ccccc1S(=O)(=O)O.COC(Cc1ccccc1)C(C)=O.F. The van der Waals surface area contributed by atoms with E-state index in [0.717, 1.165) is 11.6 Å². The second-order valence-electron chi connectivity index (χ2n) is 8.70. The molecule has 9 nitrogen and oxygen atoms in total. The molecule has 0 saturated carbocycles. The maximum Gasteiger partial charge on any atom is 0.296 e. The number of anilines is 1. The van der Waals surface area contributed by atoms with Crippen LogP contribution in [0.1, 0.15) is 62.1 Å². The van der Waals surface area contributed by atoms with E-state index in [0.29, 0.717) is 12.0 Å². The molecule has 0 aromatic heterocycles. The van der Waals surface area contributed by atoms with E-state index in [2.05, 4.69) is 5.32 Å². The number of ether oxygens (including phenoxy) is 2. The molecule has 0 bridgehead atoms. The van der Waals surface area contributed by atoms with Gasteiger partial charge in [-0.25, -0.2) is 0 Å². The van der Waals surface area contributed by atoms with Gasteiger partial charge in [-0.3, -0.25) is 23.6 Å². The van der Waals surface area contributed by atoms with E-state index in [1.165, 1.54) is 32.2 Å². The Bertz CT molecular complexity index is 1370. The monoisotopic (exact) mass is 655 g/mol. The first-order valence-corrected chi connectivity index (χ1v) is 13.4. The van der Waals surface area contributed by atoms with E-state index in [1.807, 2.05) is 30.3 Å². The van der Waals surface area contributed by atoms with E-state index in [1.54, 1.807) is 44.4 Å². The highest BCUT2D eigenvalue weighted by Gasteiger charge is 2.44. The summed E-state index contributed by atoms with van der Waals surface area (Å²) in [6.45, 7) is 2.78. The molecule has 0 radical (unpaired) electrons. The molecule has 0 aliphatic rings. The molecule has 256 valence electrons. The van der Waals surface area contributed by atoms with Crippen LogP contribution < -0.4 is 5.32 Å². The number of hydrogen-bond donors (Lipinski definition) is 2. The minimum atomic E-state index is -4.55. The van der Waals surface area contributed by atoms with Crippen LogP contribution in [0.2, 0.25) is 0 Å². The van der Waals surface area contributed by atoms with Crippen molar-refractivity contribution in [1.82, 2.24) is 0 Å². The van der Waals surface area contributed by atoms with Crippen molar-refractivity contribution < 1.29 is 41.5 Å². The van der Waals surface area contributed by atoms with Gasteiger partial charge in [-0.2, -0.15) is 8.42 Å². The molecule has 0 heterocycles. The molecular formula is C34H54FNO8S. The highest BCUT2D eigenvalue weighted by atomic mass is 32.2. The van der Waals surface area contributed by atoms with Crippen LogP contribution in [0.4, 0.5) is 10.4 Å². The molecule has 0 aliphatic heterocycles. The Morgan fingerprint density at radius 1 is 0.778 bits per heavy atom. The Morgan fingerprint density at radius 2 is 1.22 bits per heavy atom. The number of amides is 1. The van der Waals surface area contributed by atoms with Gasteiger partial charge in [0.1, 0.15) is 11.0 Å². The smallest absolute Gasteiger partial charge is 0.296 e. The lowest BCUT2D eigenvalue weighted by atomic mass is 9.89. The molecule has 3 aromatic carbocycles. The number of rotatable bonds is 11.